The van der Waals surface area contributed by atoms with Crippen molar-refractivity contribution in [2.45, 2.75) is 45.4 Å². The minimum Gasteiger partial charge on any atom is -0.507 e. The van der Waals surface area contributed by atoms with Crippen LogP contribution in [0, 0.1) is 43.4 Å². The molecule has 1 saturated carbocycles. The average molecular weight is 539 g/mol. The van der Waals surface area contributed by atoms with Crippen molar-refractivity contribution in [1.29, 1.82) is 0 Å². The van der Waals surface area contributed by atoms with Crippen molar-refractivity contribution in [3.8, 4) is 5.75 Å². The van der Waals surface area contributed by atoms with Gasteiger partial charge in [-0.1, -0.05) is 23.8 Å². The number of carboxylic acids is 2. The number of phenolic OH excluding ortho intramolecular Hbond substituents is 1. The number of hydrogen-bond donors (Lipinski definition) is 3. The summed E-state index contributed by atoms with van der Waals surface area (Å²) in [4.78, 5) is 78.2. The van der Waals surface area contributed by atoms with Gasteiger partial charge in [0.05, 0.1) is 36.5 Å². The van der Waals surface area contributed by atoms with E-state index in [0.29, 0.717) is 16.7 Å². The predicted molar refractivity (Wildman–Crippen MR) is 133 cm³/mol. The van der Waals surface area contributed by atoms with Crippen LogP contribution >= 0.6 is 0 Å². The smallest absolute Gasteiger partial charge is 0.305 e. The highest BCUT2D eigenvalue weighted by molar-refractivity contribution is 6.08. The third-order valence-corrected chi connectivity index (χ3v) is 8.80. The van der Waals surface area contributed by atoms with Gasteiger partial charge >= 0.3 is 11.9 Å². The van der Waals surface area contributed by atoms with Crippen LogP contribution in [0.2, 0.25) is 0 Å². The highest BCUT2D eigenvalue weighted by atomic mass is 16.4. The van der Waals surface area contributed by atoms with Gasteiger partial charge in [0.1, 0.15) is 5.75 Å². The second kappa shape index (κ2) is 9.62. The van der Waals surface area contributed by atoms with Gasteiger partial charge < -0.3 is 15.3 Å². The highest BCUT2D eigenvalue weighted by Gasteiger charge is 2.61. The van der Waals surface area contributed by atoms with Gasteiger partial charge in [-0.25, -0.2) is 0 Å². The molecule has 11 nitrogen and oxygen atoms in total. The van der Waals surface area contributed by atoms with E-state index in [1.165, 1.54) is 0 Å². The van der Waals surface area contributed by atoms with E-state index in [1.54, 1.807) is 26.0 Å². The highest BCUT2D eigenvalue weighted by Crippen LogP contribution is 2.58. The van der Waals surface area contributed by atoms with Gasteiger partial charge in [0.2, 0.25) is 23.6 Å². The number of benzene rings is 1. The first-order valence-corrected chi connectivity index (χ1v) is 13.1. The molecule has 4 amide bonds. The maximum absolute atomic E-state index is 13.7. The van der Waals surface area contributed by atoms with Gasteiger partial charge in [0.15, 0.2) is 0 Å². The van der Waals surface area contributed by atoms with Crippen molar-refractivity contribution in [3.63, 3.8) is 0 Å². The minimum atomic E-state index is -1.14. The first-order valence-electron chi connectivity index (χ1n) is 13.1. The lowest BCUT2D eigenvalue weighted by molar-refractivity contribution is -0.145. The molecular weight excluding hydrogens is 508 g/mol. The Morgan fingerprint density at radius 2 is 1.31 bits per heavy atom. The van der Waals surface area contributed by atoms with E-state index in [9.17, 15) is 33.9 Å². The number of hydrogen-bond acceptors (Lipinski definition) is 7. The topological polar surface area (TPSA) is 170 Å². The monoisotopic (exact) mass is 538 g/mol. The van der Waals surface area contributed by atoms with Crippen LogP contribution in [0.4, 0.5) is 0 Å². The van der Waals surface area contributed by atoms with E-state index >= 15 is 0 Å². The molecule has 6 atom stereocenters. The molecule has 5 rings (SSSR count). The quantitative estimate of drug-likeness (QED) is 0.345. The largest absolute Gasteiger partial charge is 0.507 e. The number of allylic oxidation sites excluding steroid dienone is 2. The third-order valence-electron chi connectivity index (χ3n) is 8.80. The number of phenols is 1. The molecule has 1 aromatic carbocycles. The molecule has 2 aliphatic heterocycles. The molecule has 0 aromatic heterocycles. The van der Waals surface area contributed by atoms with Gasteiger partial charge in [-0.05, 0) is 49.3 Å². The normalized spacial score (nSPS) is 29.7. The Bertz CT molecular complexity index is 1330. The zero-order valence-corrected chi connectivity index (χ0v) is 21.6. The molecular formula is C28H30N2O9. The van der Waals surface area contributed by atoms with Crippen LogP contribution in [0.3, 0.4) is 0 Å². The number of rotatable bonds is 7. The molecule has 4 aliphatic rings. The van der Waals surface area contributed by atoms with Crippen LogP contribution in [0.25, 0.3) is 0 Å². The molecule has 2 aliphatic carbocycles. The van der Waals surface area contributed by atoms with Crippen LogP contribution in [0.15, 0.2) is 23.8 Å². The van der Waals surface area contributed by atoms with E-state index in [2.05, 4.69) is 0 Å². The average Bonchev–Trinajstić information content (AvgIpc) is 3.26. The number of aryl methyl sites for hydroxylation is 2. The summed E-state index contributed by atoms with van der Waals surface area (Å²) in [5.41, 5.74) is 2.66. The van der Waals surface area contributed by atoms with Crippen molar-refractivity contribution in [2.75, 3.05) is 13.1 Å². The summed E-state index contributed by atoms with van der Waals surface area (Å²) in [6, 6.07) is 3.52. The Morgan fingerprint density at radius 1 is 0.795 bits per heavy atom. The Balaban J connectivity index is 1.58. The summed E-state index contributed by atoms with van der Waals surface area (Å²) < 4.78 is 0. The van der Waals surface area contributed by atoms with Crippen LogP contribution in [-0.2, 0) is 28.8 Å². The lowest BCUT2D eigenvalue weighted by atomic mass is 9.57. The zero-order chi connectivity index (χ0) is 28.3. The number of fused-ring (bicyclic) bond motifs is 4. The van der Waals surface area contributed by atoms with Crippen LogP contribution in [0.5, 0.6) is 5.75 Å². The number of likely N-dealkylation sites (tertiary alicyclic amines) is 2. The molecule has 11 heteroatoms. The van der Waals surface area contributed by atoms with Crippen LogP contribution in [0.1, 0.15) is 48.3 Å². The van der Waals surface area contributed by atoms with E-state index in [4.69, 9.17) is 10.2 Å². The second-order valence-electron chi connectivity index (χ2n) is 11.0. The summed E-state index contributed by atoms with van der Waals surface area (Å²) in [5.74, 6) is -8.15. The van der Waals surface area contributed by atoms with Crippen LogP contribution < -0.4 is 0 Å². The number of carboxylic acid groups (broad SMARTS) is 2. The van der Waals surface area contributed by atoms with Gasteiger partial charge in [-0.2, -0.15) is 0 Å². The summed E-state index contributed by atoms with van der Waals surface area (Å²) in [5, 5.41) is 28.6. The molecule has 2 saturated heterocycles. The number of carbonyl (C=O) groups is 6. The van der Waals surface area contributed by atoms with Gasteiger partial charge in [-0.3, -0.25) is 38.6 Å². The Hall–Kier alpha value is -4.02. The minimum absolute atomic E-state index is 0.114. The van der Waals surface area contributed by atoms with E-state index in [-0.39, 0.29) is 44.5 Å². The van der Waals surface area contributed by atoms with Crippen molar-refractivity contribution < 1.29 is 44.1 Å². The SMILES string of the molecule is Cc1cc([C@H]2C3=CC[C@@H]4C(=O)N(CCC(=O)O)C(=O)[C@@H]4[C@@H]3C[C@H]3C(=O)N(CCC(=O)O)C(=O)[C@@H]23)cc(C)c1O. The number of carbonyl (C=O) groups excluding carboxylic acids is 4. The molecule has 2 heterocycles. The van der Waals surface area contributed by atoms with E-state index in [1.807, 2.05) is 6.08 Å². The summed E-state index contributed by atoms with van der Waals surface area (Å²) in [6.07, 6.45) is 1.53. The third kappa shape index (κ3) is 4.20. The fraction of sp³-hybridized carbons (Fsp3) is 0.500. The number of aliphatic carboxylic acids is 2. The van der Waals surface area contributed by atoms with Gasteiger partial charge in [-0.15, -0.1) is 0 Å². The molecule has 206 valence electrons. The fourth-order valence-electron chi connectivity index (χ4n) is 7.12. The molecule has 39 heavy (non-hydrogen) atoms. The summed E-state index contributed by atoms with van der Waals surface area (Å²) >= 11 is 0. The first kappa shape index (κ1) is 26.6. The van der Waals surface area contributed by atoms with Crippen molar-refractivity contribution >= 4 is 35.6 Å². The second-order valence-corrected chi connectivity index (χ2v) is 11.0. The van der Waals surface area contributed by atoms with E-state index < -0.39 is 71.1 Å². The fourth-order valence-corrected chi connectivity index (χ4v) is 7.12. The Morgan fingerprint density at radius 3 is 1.85 bits per heavy atom. The van der Waals surface area contributed by atoms with Gasteiger partial charge in [0, 0.05) is 19.0 Å². The molecule has 0 unspecified atom stereocenters. The number of nitrogens with zero attached hydrogens (tertiary/aromatic N) is 2. The number of aromatic hydroxyl groups is 1. The molecule has 0 radical (unpaired) electrons. The first-order chi connectivity index (χ1) is 18.4. The lowest BCUT2D eigenvalue weighted by Gasteiger charge is -2.44. The summed E-state index contributed by atoms with van der Waals surface area (Å²) in [6.45, 7) is 2.98. The Kier molecular flexibility index (Phi) is 6.56. The molecule has 3 fully saturated rings. The molecule has 0 bridgehead atoms. The van der Waals surface area contributed by atoms with Gasteiger partial charge in [0.25, 0.3) is 0 Å². The lowest BCUT2D eigenvalue weighted by Crippen LogP contribution is -2.43. The van der Waals surface area contributed by atoms with Crippen molar-refractivity contribution in [3.05, 3.63) is 40.5 Å². The molecule has 1 aromatic rings. The van der Waals surface area contributed by atoms with Crippen molar-refractivity contribution in [2.24, 2.45) is 29.6 Å². The molecule has 0 spiro atoms. The standard InChI is InChI=1S/C28H30N2O9/c1-12-9-14(10-13(2)24(12)35)21-15-3-4-16-22(27(38)29(25(16)36)7-5-19(31)32)17(15)11-18-23(21)28(39)30(26(18)37)8-6-20(33)34/h3,9-10,16-18,21-23,35H,4-8,11H2,1-2H3,(H,31,32)(H,33,34)/t16-,17+,18+,21-,22-,23+/m0/s1. The predicted octanol–water partition coefficient (Wildman–Crippen LogP) is 1.59. The van der Waals surface area contributed by atoms with Crippen LogP contribution in [-0.4, -0.2) is 73.8 Å². The zero-order valence-electron chi connectivity index (χ0n) is 21.6. The molecule has 3 N–H and O–H groups in total. The van der Waals surface area contributed by atoms with Crippen molar-refractivity contribution in [1.82, 2.24) is 9.80 Å². The van der Waals surface area contributed by atoms with E-state index in [0.717, 1.165) is 15.4 Å². The summed E-state index contributed by atoms with van der Waals surface area (Å²) in [7, 11) is 0. The number of imide groups is 2. The maximum Gasteiger partial charge on any atom is 0.305 e. The maximum atomic E-state index is 13.7. The Labute approximate surface area is 224 Å². The number of amides is 4.